The Bertz CT molecular complexity index is 720. The fourth-order valence-corrected chi connectivity index (χ4v) is 1.89. The summed E-state index contributed by atoms with van der Waals surface area (Å²) in [6, 6.07) is 10.1. The second-order valence-corrected chi connectivity index (χ2v) is 4.91. The van der Waals surface area contributed by atoms with Crippen LogP contribution in [-0.2, 0) is 4.79 Å². The predicted octanol–water partition coefficient (Wildman–Crippen LogP) is 3.89. The number of carbonyl (C=O) groups excluding carboxylic acids is 1. The quantitative estimate of drug-likeness (QED) is 0.357. The van der Waals surface area contributed by atoms with Gasteiger partial charge in [-0.1, -0.05) is 35.3 Å². The van der Waals surface area contributed by atoms with Gasteiger partial charge in [-0.25, -0.2) is 4.79 Å². The number of nitro groups is 1. The van der Waals surface area contributed by atoms with Crippen molar-refractivity contribution in [3.05, 3.63) is 62.6 Å². The Morgan fingerprint density at radius 2 is 1.86 bits per heavy atom. The second-order valence-electron chi connectivity index (χ2n) is 4.06. The van der Waals surface area contributed by atoms with Crippen molar-refractivity contribution >= 4 is 34.9 Å². The van der Waals surface area contributed by atoms with Gasteiger partial charge in [-0.2, -0.15) is 0 Å². The van der Waals surface area contributed by atoms with Crippen molar-refractivity contribution in [1.29, 1.82) is 0 Å². The van der Waals surface area contributed by atoms with Crippen molar-refractivity contribution < 1.29 is 19.2 Å². The number of hydrogen-bond acceptors (Lipinski definition) is 5. The number of nitrogens with zero attached hydrogens (tertiary/aromatic N) is 1. The molecule has 2 aromatic carbocycles. The van der Waals surface area contributed by atoms with Gasteiger partial charge < -0.3 is 9.47 Å². The van der Waals surface area contributed by atoms with E-state index in [0.717, 1.165) is 0 Å². The van der Waals surface area contributed by atoms with E-state index in [1.54, 1.807) is 12.1 Å². The van der Waals surface area contributed by atoms with Gasteiger partial charge in [-0.3, -0.25) is 10.1 Å². The van der Waals surface area contributed by atoms with Crippen LogP contribution in [0.15, 0.2) is 42.5 Å². The van der Waals surface area contributed by atoms with E-state index >= 15 is 0 Å². The lowest BCUT2D eigenvalue weighted by atomic mass is 10.3. The Balaban J connectivity index is 2.02. The molecule has 0 fully saturated rings. The lowest BCUT2D eigenvalue weighted by Crippen LogP contribution is -2.18. The van der Waals surface area contributed by atoms with Gasteiger partial charge in [-0.15, -0.1) is 0 Å². The van der Waals surface area contributed by atoms with Crippen LogP contribution in [-0.4, -0.2) is 17.5 Å². The van der Waals surface area contributed by atoms with Crippen LogP contribution >= 0.6 is 23.2 Å². The third-order valence-electron chi connectivity index (χ3n) is 2.52. The van der Waals surface area contributed by atoms with Crippen molar-refractivity contribution in [1.82, 2.24) is 0 Å². The summed E-state index contributed by atoms with van der Waals surface area (Å²) in [7, 11) is 0. The lowest BCUT2D eigenvalue weighted by molar-refractivity contribution is -0.385. The highest BCUT2D eigenvalue weighted by Gasteiger charge is 2.16. The molecule has 0 aliphatic rings. The maximum Gasteiger partial charge on any atom is 0.349 e. The van der Waals surface area contributed by atoms with Crippen molar-refractivity contribution in [2.45, 2.75) is 0 Å². The molecule has 0 saturated carbocycles. The van der Waals surface area contributed by atoms with Gasteiger partial charge in [0.25, 0.3) is 0 Å². The Kier molecular flexibility index (Phi) is 5.19. The number of halogens is 2. The number of para-hydroxylation sites is 2. The molecule has 0 atom stereocenters. The molecular formula is C14H9Cl2NO5. The first-order valence-corrected chi connectivity index (χ1v) is 6.75. The van der Waals surface area contributed by atoms with Crippen molar-refractivity contribution in [2.75, 3.05) is 6.61 Å². The van der Waals surface area contributed by atoms with E-state index in [0.29, 0.717) is 5.02 Å². The molecule has 0 heterocycles. The standard InChI is InChI=1S/C14H9Cl2NO5/c15-9-5-6-10(16)13(7-9)22-14(18)8-21-12-4-2-1-3-11(12)17(19)20/h1-7H,8H2. The number of carbonyl (C=O) groups is 1. The van der Waals surface area contributed by atoms with E-state index in [9.17, 15) is 14.9 Å². The maximum absolute atomic E-state index is 11.7. The summed E-state index contributed by atoms with van der Waals surface area (Å²) in [5.41, 5.74) is -0.240. The van der Waals surface area contributed by atoms with E-state index in [1.807, 2.05) is 0 Å². The smallest absolute Gasteiger partial charge is 0.349 e. The zero-order valence-corrected chi connectivity index (χ0v) is 12.5. The average Bonchev–Trinajstić information content (AvgIpc) is 2.49. The van der Waals surface area contributed by atoms with Crippen LogP contribution in [0.4, 0.5) is 5.69 Å². The summed E-state index contributed by atoms with van der Waals surface area (Å²) in [5, 5.41) is 11.4. The third kappa shape index (κ3) is 4.09. The summed E-state index contributed by atoms with van der Waals surface area (Å²) >= 11 is 11.6. The van der Waals surface area contributed by atoms with E-state index in [1.165, 1.54) is 30.3 Å². The maximum atomic E-state index is 11.7. The van der Waals surface area contributed by atoms with Gasteiger partial charge in [0.05, 0.1) is 9.95 Å². The molecule has 0 aliphatic heterocycles. The Morgan fingerprint density at radius 1 is 1.14 bits per heavy atom. The number of benzene rings is 2. The topological polar surface area (TPSA) is 78.7 Å². The van der Waals surface area contributed by atoms with Crippen LogP contribution in [0.1, 0.15) is 0 Å². The molecule has 0 unspecified atom stereocenters. The number of nitro benzene ring substituents is 1. The minimum Gasteiger partial charge on any atom is -0.475 e. The van der Waals surface area contributed by atoms with Gasteiger partial charge in [0.15, 0.2) is 18.1 Å². The molecule has 2 rings (SSSR count). The molecule has 22 heavy (non-hydrogen) atoms. The highest BCUT2D eigenvalue weighted by Crippen LogP contribution is 2.28. The molecule has 0 N–H and O–H groups in total. The van der Waals surface area contributed by atoms with Gasteiger partial charge in [0, 0.05) is 17.2 Å². The minimum atomic E-state index is -0.762. The van der Waals surface area contributed by atoms with Crippen LogP contribution in [0, 0.1) is 10.1 Å². The van der Waals surface area contributed by atoms with Crippen molar-refractivity contribution in [3.63, 3.8) is 0 Å². The molecule has 0 aliphatic carbocycles. The lowest BCUT2D eigenvalue weighted by Gasteiger charge is -2.08. The first-order chi connectivity index (χ1) is 10.5. The Labute approximate surface area is 135 Å². The van der Waals surface area contributed by atoms with Crippen LogP contribution in [0.2, 0.25) is 10.0 Å². The number of esters is 1. The van der Waals surface area contributed by atoms with Crippen molar-refractivity contribution in [3.8, 4) is 11.5 Å². The second kappa shape index (κ2) is 7.11. The molecule has 0 radical (unpaired) electrons. The van der Waals surface area contributed by atoms with Gasteiger partial charge in [0.2, 0.25) is 0 Å². The highest BCUT2D eigenvalue weighted by atomic mass is 35.5. The van der Waals surface area contributed by atoms with Gasteiger partial charge >= 0.3 is 11.7 Å². The zero-order valence-electron chi connectivity index (χ0n) is 11.0. The van der Waals surface area contributed by atoms with Gasteiger partial charge in [0.1, 0.15) is 0 Å². The summed E-state index contributed by atoms with van der Waals surface area (Å²) in [6.07, 6.45) is 0. The monoisotopic (exact) mass is 341 g/mol. The van der Waals surface area contributed by atoms with E-state index in [-0.39, 0.29) is 22.2 Å². The predicted molar refractivity (Wildman–Crippen MR) is 80.7 cm³/mol. The largest absolute Gasteiger partial charge is 0.475 e. The fraction of sp³-hybridized carbons (Fsp3) is 0.0714. The molecule has 0 saturated heterocycles. The molecule has 2 aromatic rings. The highest BCUT2D eigenvalue weighted by molar-refractivity contribution is 6.34. The molecule has 0 spiro atoms. The van der Waals surface area contributed by atoms with E-state index in [2.05, 4.69) is 0 Å². The van der Waals surface area contributed by atoms with E-state index < -0.39 is 17.5 Å². The molecule has 6 nitrogen and oxygen atoms in total. The molecular weight excluding hydrogens is 333 g/mol. The van der Waals surface area contributed by atoms with Crippen molar-refractivity contribution in [2.24, 2.45) is 0 Å². The minimum absolute atomic E-state index is 0.0263. The molecule has 8 heteroatoms. The first-order valence-electron chi connectivity index (χ1n) is 5.99. The van der Waals surface area contributed by atoms with Crippen LogP contribution in [0.3, 0.4) is 0 Å². The number of hydrogen-bond donors (Lipinski definition) is 0. The normalized spacial score (nSPS) is 10.1. The molecule has 0 amide bonds. The fourth-order valence-electron chi connectivity index (χ4n) is 1.57. The number of ether oxygens (including phenoxy) is 2. The molecule has 0 aromatic heterocycles. The summed E-state index contributed by atoms with van der Waals surface area (Å²) in [5.74, 6) is -0.700. The third-order valence-corrected chi connectivity index (χ3v) is 3.07. The Hall–Kier alpha value is -2.31. The average molecular weight is 342 g/mol. The zero-order chi connectivity index (χ0) is 16.1. The SMILES string of the molecule is O=C(COc1ccccc1[N+](=O)[O-])Oc1cc(Cl)ccc1Cl. The summed E-state index contributed by atoms with van der Waals surface area (Å²) < 4.78 is 10.1. The van der Waals surface area contributed by atoms with Crippen LogP contribution in [0.5, 0.6) is 11.5 Å². The van der Waals surface area contributed by atoms with Crippen LogP contribution < -0.4 is 9.47 Å². The number of rotatable bonds is 5. The van der Waals surface area contributed by atoms with E-state index in [4.69, 9.17) is 32.7 Å². The van der Waals surface area contributed by atoms with Gasteiger partial charge in [-0.05, 0) is 18.2 Å². The molecule has 114 valence electrons. The van der Waals surface area contributed by atoms with Crippen LogP contribution in [0.25, 0.3) is 0 Å². The first kappa shape index (κ1) is 16.1. The summed E-state index contributed by atoms with van der Waals surface area (Å²) in [6.45, 7) is -0.506. The summed E-state index contributed by atoms with van der Waals surface area (Å²) in [4.78, 5) is 21.9. The Morgan fingerprint density at radius 3 is 2.59 bits per heavy atom. The molecule has 0 bridgehead atoms.